The van der Waals surface area contributed by atoms with Gasteiger partial charge in [0.15, 0.2) is 6.61 Å². The largest absolute Gasteiger partial charge is 0.452 e. The number of nitrogens with one attached hydrogen (secondary N) is 1. The Kier molecular flexibility index (Phi) is 8.27. The second-order valence-corrected chi connectivity index (χ2v) is 9.45. The Hall–Kier alpha value is -2.43. The second-order valence-electron chi connectivity index (χ2n) is 6.70. The average Bonchev–Trinajstić information content (AvgIpc) is 2.79. The van der Waals surface area contributed by atoms with E-state index < -0.39 is 28.5 Å². The SMILES string of the molecule is O=C(COC(=O)C=Cc1ccc(Cl)cc1)Nc1ccc(Cl)c(S(=O)(=O)N2CCOCC2)c1. The molecular formula is C21H20Cl2N2O6S. The van der Waals surface area contributed by atoms with Gasteiger partial charge < -0.3 is 14.8 Å². The second kappa shape index (κ2) is 10.9. The number of halogens is 2. The summed E-state index contributed by atoms with van der Waals surface area (Å²) in [4.78, 5) is 23.8. The van der Waals surface area contributed by atoms with E-state index in [9.17, 15) is 18.0 Å². The number of sulfonamides is 1. The first kappa shape index (κ1) is 24.2. The van der Waals surface area contributed by atoms with Crippen LogP contribution in [-0.2, 0) is 29.1 Å². The highest BCUT2D eigenvalue weighted by atomic mass is 35.5. The summed E-state index contributed by atoms with van der Waals surface area (Å²) in [5, 5.41) is 3.11. The Bertz CT molecular complexity index is 1110. The minimum absolute atomic E-state index is 0.0354. The maximum absolute atomic E-state index is 12.9. The lowest BCUT2D eigenvalue weighted by Gasteiger charge is -2.26. The van der Waals surface area contributed by atoms with Crippen LogP contribution < -0.4 is 5.32 Å². The maximum atomic E-state index is 12.9. The van der Waals surface area contributed by atoms with Crippen molar-refractivity contribution in [1.82, 2.24) is 4.31 Å². The van der Waals surface area contributed by atoms with E-state index in [1.54, 1.807) is 24.3 Å². The van der Waals surface area contributed by atoms with E-state index in [0.29, 0.717) is 18.2 Å². The first-order chi connectivity index (χ1) is 15.3. The predicted octanol–water partition coefficient (Wildman–Crippen LogP) is 3.21. The van der Waals surface area contributed by atoms with Crippen LogP contribution in [0.1, 0.15) is 5.56 Å². The van der Waals surface area contributed by atoms with Gasteiger partial charge in [-0.1, -0.05) is 35.3 Å². The lowest BCUT2D eigenvalue weighted by atomic mass is 10.2. The number of carbonyl (C=O) groups excluding carboxylic acids is 2. The molecule has 2 aromatic carbocycles. The molecule has 11 heteroatoms. The number of anilines is 1. The number of amides is 1. The molecule has 0 aromatic heterocycles. The number of rotatable bonds is 7. The van der Waals surface area contributed by atoms with Gasteiger partial charge in [-0.2, -0.15) is 4.31 Å². The van der Waals surface area contributed by atoms with E-state index in [4.69, 9.17) is 32.7 Å². The molecule has 0 spiro atoms. The number of hydrogen-bond donors (Lipinski definition) is 1. The molecule has 1 aliphatic rings. The lowest BCUT2D eigenvalue weighted by Crippen LogP contribution is -2.40. The zero-order chi connectivity index (χ0) is 23.1. The number of benzene rings is 2. The third kappa shape index (κ3) is 6.54. The van der Waals surface area contributed by atoms with Crippen molar-refractivity contribution in [3.8, 4) is 0 Å². The molecule has 0 unspecified atom stereocenters. The summed E-state index contributed by atoms with van der Waals surface area (Å²) >= 11 is 11.9. The molecule has 170 valence electrons. The van der Waals surface area contributed by atoms with Crippen molar-refractivity contribution in [2.75, 3.05) is 38.2 Å². The lowest BCUT2D eigenvalue weighted by molar-refractivity contribution is -0.142. The number of nitrogens with zero attached hydrogens (tertiary/aromatic N) is 1. The summed E-state index contributed by atoms with van der Waals surface area (Å²) in [5.74, 6) is -1.34. The molecule has 0 saturated carbocycles. The van der Waals surface area contributed by atoms with Gasteiger partial charge in [-0.3, -0.25) is 4.79 Å². The third-order valence-electron chi connectivity index (χ3n) is 4.43. The van der Waals surface area contributed by atoms with Gasteiger partial charge in [-0.05, 0) is 42.0 Å². The van der Waals surface area contributed by atoms with Crippen molar-refractivity contribution in [2.24, 2.45) is 0 Å². The molecule has 1 N–H and O–H groups in total. The summed E-state index contributed by atoms with van der Waals surface area (Å²) in [7, 11) is -3.85. The number of esters is 1. The van der Waals surface area contributed by atoms with Crippen LogP contribution >= 0.6 is 23.2 Å². The fourth-order valence-electron chi connectivity index (χ4n) is 2.82. The van der Waals surface area contributed by atoms with Gasteiger partial charge >= 0.3 is 5.97 Å². The smallest absolute Gasteiger partial charge is 0.331 e. The molecule has 0 radical (unpaired) electrons. The van der Waals surface area contributed by atoms with Crippen molar-refractivity contribution in [2.45, 2.75) is 4.90 Å². The van der Waals surface area contributed by atoms with Crippen molar-refractivity contribution in [3.63, 3.8) is 0 Å². The molecule has 3 rings (SSSR count). The molecule has 2 aromatic rings. The van der Waals surface area contributed by atoms with Crippen LogP contribution in [0.5, 0.6) is 0 Å². The van der Waals surface area contributed by atoms with E-state index in [2.05, 4.69) is 5.32 Å². The van der Waals surface area contributed by atoms with Crippen LogP contribution in [0.4, 0.5) is 5.69 Å². The molecule has 0 aliphatic carbocycles. The van der Waals surface area contributed by atoms with Gasteiger partial charge in [0.25, 0.3) is 5.91 Å². The molecule has 8 nitrogen and oxygen atoms in total. The average molecular weight is 499 g/mol. The molecule has 0 atom stereocenters. The fraction of sp³-hybridized carbons (Fsp3) is 0.238. The van der Waals surface area contributed by atoms with Crippen LogP contribution in [-0.4, -0.2) is 57.5 Å². The van der Waals surface area contributed by atoms with Gasteiger partial charge in [-0.15, -0.1) is 0 Å². The molecule has 1 aliphatic heterocycles. The molecule has 1 heterocycles. The van der Waals surface area contributed by atoms with Crippen LogP contribution in [0.25, 0.3) is 6.08 Å². The van der Waals surface area contributed by atoms with E-state index in [-0.39, 0.29) is 28.7 Å². The van der Waals surface area contributed by atoms with Gasteiger partial charge in [0.2, 0.25) is 10.0 Å². The summed E-state index contributed by atoms with van der Waals surface area (Å²) in [6.07, 6.45) is 2.71. The first-order valence-electron chi connectivity index (χ1n) is 9.53. The Balaban J connectivity index is 1.58. The maximum Gasteiger partial charge on any atom is 0.331 e. The fourth-order valence-corrected chi connectivity index (χ4v) is 4.86. The molecular weight excluding hydrogens is 479 g/mol. The summed E-state index contributed by atoms with van der Waals surface area (Å²) in [6.45, 7) is 0.484. The van der Waals surface area contributed by atoms with Crippen LogP contribution in [0.2, 0.25) is 10.0 Å². The molecule has 0 bridgehead atoms. The summed E-state index contributed by atoms with van der Waals surface area (Å²) in [5.41, 5.74) is 0.949. The molecule has 32 heavy (non-hydrogen) atoms. The predicted molar refractivity (Wildman–Crippen MR) is 121 cm³/mol. The Labute approximate surface area is 195 Å². The standard InChI is InChI=1S/C21H20Cl2N2O6S/c22-16-4-1-15(2-5-16)3-8-21(27)31-14-20(26)24-17-6-7-18(23)19(13-17)32(28,29)25-9-11-30-12-10-25/h1-8,13H,9-12,14H2,(H,24,26). The van der Waals surface area contributed by atoms with Crippen LogP contribution in [0, 0.1) is 0 Å². The topological polar surface area (TPSA) is 102 Å². The van der Waals surface area contributed by atoms with Gasteiger partial charge in [0.05, 0.1) is 18.2 Å². The van der Waals surface area contributed by atoms with E-state index in [0.717, 1.165) is 5.56 Å². The van der Waals surface area contributed by atoms with E-state index >= 15 is 0 Å². The van der Waals surface area contributed by atoms with Gasteiger partial charge in [0, 0.05) is 29.9 Å². The quantitative estimate of drug-likeness (QED) is 0.464. The van der Waals surface area contributed by atoms with Crippen molar-refractivity contribution < 1.29 is 27.5 Å². The van der Waals surface area contributed by atoms with Gasteiger partial charge in [-0.25, -0.2) is 13.2 Å². The highest BCUT2D eigenvalue weighted by Crippen LogP contribution is 2.28. The normalized spacial score (nSPS) is 14.9. The van der Waals surface area contributed by atoms with Gasteiger partial charge in [0.1, 0.15) is 4.90 Å². The number of morpholine rings is 1. The third-order valence-corrected chi connectivity index (χ3v) is 7.06. The van der Waals surface area contributed by atoms with Crippen LogP contribution in [0.3, 0.4) is 0 Å². The minimum atomic E-state index is -3.85. The van der Waals surface area contributed by atoms with Crippen molar-refractivity contribution in [3.05, 3.63) is 64.1 Å². The van der Waals surface area contributed by atoms with Crippen molar-refractivity contribution in [1.29, 1.82) is 0 Å². The van der Waals surface area contributed by atoms with Crippen LogP contribution in [0.15, 0.2) is 53.4 Å². The van der Waals surface area contributed by atoms with E-state index in [1.165, 1.54) is 34.7 Å². The monoisotopic (exact) mass is 498 g/mol. The molecule has 1 amide bonds. The highest BCUT2D eigenvalue weighted by Gasteiger charge is 2.28. The molecule has 1 saturated heterocycles. The number of hydrogen-bond acceptors (Lipinski definition) is 6. The summed E-state index contributed by atoms with van der Waals surface area (Å²) in [6, 6.07) is 10.9. The Morgan fingerprint density at radius 2 is 1.78 bits per heavy atom. The minimum Gasteiger partial charge on any atom is -0.452 e. The Morgan fingerprint density at radius 1 is 1.09 bits per heavy atom. The highest BCUT2D eigenvalue weighted by molar-refractivity contribution is 7.89. The van der Waals surface area contributed by atoms with E-state index in [1.807, 2.05) is 0 Å². The zero-order valence-corrected chi connectivity index (χ0v) is 19.1. The first-order valence-corrected chi connectivity index (χ1v) is 11.7. The summed E-state index contributed by atoms with van der Waals surface area (Å²) < 4.78 is 37.1. The number of ether oxygens (including phenoxy) is 2. The zero-order valence-electron chi connectivity index (χ0n) is 16.8. The van der Waals surface area contributed by atoms with Crippen molar-refractivity contribution >= 4 is 56.9 Å². The Morgan fingerprint density at radius 3 is 2.47 bits per heavy atom. The number of carbonyl (C=O) groups is 2. The molecule has 1 fully saturated rings.